The first-order chi connectivity index (χ1) is 36.1. The Kier molecular flexibility index (Phi) is 12.2. The molecular weight excluding hydrogens is 883 g/mol. The van der Waals surface area contributed by atoms with E-state index in [4.69, 9.17) is 9.97 Å². The lowest BCUT2D eigenvalue weighted by atomic mass is 9.86. The Morgan fingerprint density at radius 1 is 0.205 bits per heavy atom. The van der Waals surface area contributed by atoms with E-state index in [1.807, 2.05) is 30.7 Å². The zero-order chi connectivity index (χ0) is 48.9. The molecule has 0 bridgehead atoms. The molecule has 0 aliphatic carbocycles. The summed E-state index contributed by atoms with van der Waals surface area (Å²) in [6.07, 6.45) is 5.68. The number of pyridine rings is 3. The van der Waals surface area contributed by atoms with Crippen molar-refractivity contribution in [3.63, 3.8) is 0 Å². The summed E-state index contributed by atoms with van der Waals surface area (Å²) >= 11 is 0. The second-order valence-corrected chi connectivity index (χ2v) is 18.5. The molecule has 0 saturated heterocycles. The topological polar surface area (TPSA) is 38.7 Å². The van der Waals surface area contributed by atoms with E-state index in [9.17, 15) is 0 Å². The number of nitrogens with zero attached hydrogens (tertiary/aromatic N) is 3. The van der Waals surface area contributed by atoms with Crippen LogP contribution in [-0.2, 0) is 0 Å². The van der Waals surface area contributed by atoms with Crippen LogP contribution in [-0.4, -0.2) is 15.0 Å². The maximum absolute atomic E-state index is 4.84. The number of rotatable bonds is 11. The van der Waals surface area contributed by atoms with Gasteiger partial charge in [0.25, 0.3) is 0 Å². The van der Waals surface area contributed by atoms with Gasteiger partial charge in [0.2, 0.25) is 0 Å². The summed E-state index contributed by atoms with van der Waals surface area (Å²) in [4.78, 5) is 14.1. The van der Waals surface area contributed by atoms with Gasteiger partial charge in [0.1, 0.15) is 0 Å². The van der Waals surface area contributed by atoms with Gasteiger partial charge in [0.15, 0.2) is 0 Å². The molecule has 0 N–H and O–H groups in total. The van der Waals surface area contributed by atoms with E-state index >= 15 is 0 Å². The molecule has 9 aromatic carbocycles. The SMILES string of the molecule is Cc1ccc(-c2ccc(-c3ccccc3-c3cc(-c4ccccc4-c4ccc(-c5ccccn5)cc4)cc(-c4ccccc4-c4ccc(-c5cc(-c6ccc(-c7ccccc7)cc6)ccn5)cc4)c3)cc2)nc1. The van der Waals surface area contributed by atoms with E-state index < -0.39 is 0 Å². The van der Waals surface area contributed by atoms with Crippen LogP contribution in [0.25, 0.3) is 123 Å². The largest absolute Gasteiger partial charge is 0.256 e. The van der Waals surface area contributed by atoms with Crippen molar-refractivity contribution in [2.45, 2.75) is 6.92 Å². The predicted octanol–water partition coefficient (Wildman–Crippen LogP) is 18.5. The van der Waals surface area contributed by atoms with Crippen LogP contribution in [0.4, 0.5) is 0 Å². The van der Waals surface area contributed by atoms with Crippen LogP contribution in [0, 0.1) is 6.92 Å². The molecule has 3 heteroatoms. The fraction of sp³-hybridized carbons (Fsp3) is 0.0143. The summed E-state index contributed by atoms with van der Waals surface area (Å²) < 4.78 is 0. The number of benzene rings is 9. The average Bonchev–Trinajstić information content (AvgIpc) is 3.48. The zero-order valence-corrected chi connectivity index (χ0v) is 40.4. The molecule has 3 aromatic heterocycles. The van der Waals surface area contributed by atoms with E-state index in [2.05, 4.69) is 261 Å². The van der Waals surface area contributed by atoms with Crippen LogP contribution in [0.3, 0.4) is 0 Å². The Balaban J connectivity index is 0.932. The third-order valence-corrected chi connectivity index (χ3v) is 13.8. The molecule has 0 fully saturated rings. The lowest BCUT2D eigenvalue weighted by molar-refractivity contribution is 1.27. The first kappa shape index (κ1) is 44.6. The number of hydrogen-bond acceptors (Lipinski definition) is 3. The lowest BCUT2D eigenvalue weighted by Gasteiger charge is -2.18. The minimum atomic E-state index is 0.937. The van der Waals surface area contributed by atoms with Gasteiger partial charge in [-0.25, -0.2) is 0 Å². The van der Waals surface area contributed by atoms with Crippen molar-refractivity contribution < 1.29 is 0 Å². The quantitative estimate of drug-likeness (QED) is 0.130. The van der Waals surface area contributed by atoms with E-state index in [1.54, 1.807) is 0 Å². The predicted molar refractivity (Wildman–Crippen MR) is 304 cm³/mol. The monoisotopic (exact) mass is 931 g/mol. The normalized spacial score (nSPS) is 11.1. The molecular formula is C70H49N3. The summed E-state index contributed by atoms with van der Waals surface area (Å²) in [5.41, 5.74) is 25.8. The van der Waals surface area contributed by atoms with Gasteiger partial charge in [0, 0.05) is 35.3 Å². The molecule has 12 rings (SSSR count). The van der Waals surface area contributed by atoms with Gasteiger partial charge in [-0.05, 0) is 150 Å². The van der Waals surface area contributed by atoms with Crippen LogP contribution >= 0.6 is 0 Å². The second-order valence-electron chi connectivity index (χ2n) is 18.5. The molecule has 344 valence electrons. The highest BCUT2D eigenvalue weighted by Crippen LogP contribution is 2.43. The van der Waals surface area contributed by atoms with Gasteiger partial charge in [-0.1, -0.05) is 212 Å². The summed E-state index contributed by atoms with van der Waals surface area (Å²) in [7, 11) is 0. The Morgan fingerprint density at radius 3 is 1.00 bits per heavy atom. The molecule has 3 heterocycles. The number of aromatic nitrogens is 3. The summed E-state index contributed by atoms with van der Waals surface area (Å²) in [6, 6.07) is 93.7. The van der Waals surface area contributed by atoms with Crippen LogP contribution in [0.5, 0.6) is 0 Å². The summed E-state index contributed by atoms with van der Waals surface area (Å²) in [5, 5.41) is 0. The first-order valence-corrected chi connectivity index (χ1v) is 24.8. The van der Waals surface area contributed by atoms with Crippen LogP contribution in [0.15, 0.2) is 279 Å². The molecule has 0 radical (unpaired) electrons. The molecule has 73 heavy (non-hydrogen) atoms. The third-order valence-electron chi connectivity index (χ3n) is 13.8. The molecule has 3 nitrogen and oxygen atoms in total. The Hall–Kier alpha value is -9.57. The Morgan fingerprint density at radius 2 is 0.562 bits per heavy atom. The van der Waals surface area contributed by atoms with Crippen LogP contribution in [0.2, 0.25) is 0 Å². The average molecular weight is 932 g/mol. The second kappa shape index (κ2) is 20.0. The molecule has 0 saturated carbocycles. The van der Waals surface area contributed by atoms with Crippen LogP contribution < -0.4 is 0 Å². The maximum atomic E-state index is 4.84. The molecule has 0 aliphatic rings. The van der Waals surface area contributed by atoms with Gasteiger partial charge < -0.3 is 0 Å². The Labute approximate surface area is 427 Å². The van der Waals surface area contributed by atoms with Crippen molar-refractivity contribution >= 4 is 0 Å². The van der Waals surface area contributed by atoms with Crippen LogP contribution in [0.1, 0.15) is 5.56 Å². The molecule has 0 atom stereocenters. The van der Waals surface area contributed by atoms with E-state index in [1.165, 1.54) is 11.1 Å². The van der Waals surface area contributed by atoms with Gasteiger partial charge in [-0.3, -0.25) is 15.0 Å². The van der Waals surface area contributed by atoms with Crippen molar-refractivity contribution in [1.82, 2.24) is 15.0 Å². The van der Waals surface area contributed by atoms with Gasteiger partial charge in [0.05, 0.1) is 17.1 Å². The van der Waals surface area contributed by atoms with E-state index in [-0.39, 0.29) is 0 Å². The highest BCUT2D eigenvalue weighted by Gasteiger charge is 2.17. The van der Waals surface area contributed by atoms with Gasteiger partial charge in [-0.15, -0.1) is 0 Å². The van der Waals surface area contributed by atoms with Crippen molar-refractivity contribution in [2.75, 3.05) is 0 Å². The van der Waals surface area contributed by atoms with Crippen molar-refractivity contribution in [2.24, 2.45) is 0 Å². The number of aryl methyl sites for hydroxylation is 1. The minimum Gasteiger partial charge on any atom is -0.256 e. The van der Waals surface area contributed by atoms with Crippen molar-refractivity contribution in [3.8, 4) is 123 Å². The fourth-order valence-electron chi connectivity index (χ4n) is 9.94. The number of hydrogen-bond donors (Lipinski definition) is 0. The van der Waals surface area contributed by atoms with E-state index in [0.29, 0.717) is 0 Å². The molecule has 0 amide bonds. The summed E-state index contributed by atoms with van der Waals surface area (Å²) in [6.45, 7) is 2.07. The zero-order valence-electron chi connectivity index (χ0n) is 40.4. The minimum absolute atomic E-state index is 0.937. The Bertz CT molecular complexity index is 3850. The third kappa shape index (κ3) is 9.44. The molecule has 0 spiro atoms. The molecule has 12 aromatic rings. The van der Waals surface area contributed by atoms with Crippen molar-refractivity contribution in [1.29, 1.82) is 0 Å². The van der Waals surface area contributed by atoms with Gasteiger partial charge >= 0.3 is 0 Å². The standard InChI is InChI=1S/C70H49N3/c1-48-22-39-69(73-47-48)56-35-29-53(30-36-56)63-16-6-9-19-66(63)60-43-59(65-18-8-5-15-62(65)52-27-33-55(34-28-52)68-21-11-12-41-71-68)44-61(45-60)67-20-10-7-17-64(67)54-31-37-57(38-32-54)70-46-58(40-42-72-70)51-25-23-50(24-26-51)49-13-3-2-4-14-49/h2-47H,1H3. The van der Waals surface area contributed by atoms with E-state index in [0.717, 1.165) is 117 Å². The van der Waals surface area contributed by atoms with Gasteiger partial charge in [-0.2, -0.15) is 0 Å². The molecule has 0 unspecified atom stereocenters. The fourth-order valence-corrected chi connectivity index (χ4v) is 9.94. The maximum Gasteiger partial charge on any atom is 0.0708 e. The first-order valence-electron chi connectivity index (χ1n) is 24.8. The summed E-state index contributed by atoms with van der Waals surface area (Å²) in [5.74, 6) is 0. The highest BCUT2D eigenvalue weighted by molar-refractivity contribution is 5.94. The smallest absolute Gasteiger partial charge is 0.0708 e. The van der Waals surface area contributed by atoms with Crippen molar-refractivity contribution in [3.05, 3.63) is 285 Å². The highest BCUT2D eigenvalue weighted by atomic mass is 14.7. The molecule has 0 aliphatic heterocycles. The lowest BCUT2D eigenvalue weighted by Crippen LogP contribution is -1.92.